The molecule has 0 radical (unpaired) electrons. The van der Waals surface area contributed by atoms with E-state index in [0.717, 1.165) is 55.0 Å². The van der Waals surface area contributed by atoms with Crippen LogP contribution in [-0.4, -0.2) is 33.5 Å². The number of para-hydroxylation sites is 3. The minimum atomic E-state index is 0.0740. The summed E-state index contributed by atoms with van der Waals surface area (Å²) in [5.74, 6) is 2.03. The van der Waals surface area contributed by atoms with Gasteiger partial charge in [0.05, 0.1) is 23.7 Å². The molecule has 3 aromatic rings. The molecule has 1 fully saturated rings. The van der Waals surface area contributed by atoms with Gasteiger partial charge in [0, 0.05) is 20.0 Å². The fourth-order valence-electron chi connectivity index (χ4n) is 3.92. The lowest BCUT2D eigenvalue weighted by Crippen LogP contribution is -2.30. The number of rotatable bonds is 6. The van der Waals surface area contributed by atoms with Crippen LogP contribution in [0.2, 0.25) is 0 Å². The van der Waals surface area contributed by atoms with E-state index in [4.69, 9.17) is 9.72 Å². The molecule has 1 aliphatic heterocycles. The molecule has 0 N–H and O–H groups in total. The molecule has 2 heterocycles. The molecule has 1 amide bonds. The summed E-state index contributed by atoms with van der Waals surface area (Å²) in [7, 11) is 0. The monoisotopic (exact) mass is 363 g/mol. The first-order chi connectivity index (χ1) is 13.2. The Bertz CT molecular complexity index is 920. The molecule has 27 heavy (non-hydrogen) atoms. The zero-order valence-corrected chi connectivity index (χ0v) is 15.7. The van der Waals surface area contributed by atoms with Gasteiger partial charge in [0.25, 0.3) is 0 Å². The molecule has 1 aliphatic rings. The van der Waals surface area contributed by atoms with Gasteiger partial charge in [-0.1, -0.05) is 30.3 Å². The molecule has 4 rings (SSSR count). The normalized spacial score (nSPS) is 16.8. The number of hydrogen-bond acceptors (Lipinski definition) is 3. The number of nitrogens with zero attached hydrogens (tertiary/aromatic N) is 3. The van der Waals surface area contributed by atoms with E-state index >= 15 is 0 Å². The van der Waals surface area contributed by atoms with E-state index in [0.29, 0.717) is 6.61 Å². The maximum Gasteiger partial charge on any atom is 0.220 e. The Morgan fingerprint density at radius 2 is 1.93 bits per heavy atom. The highest BCUT2D eigenvalue weighted by Crippen LogP contribution is 2.33. The van der Waals surface area contributed by atoms with E-state index < -0.39 is 0 Å². The summed E-state index contributed by atoms with van der Waals surface area (Å²) in [6, 6.07) is 18.2. The van der Waals surface area contributed by atoms with Crippen molar-refractivity contribution >= 4 is 16.9 Å². The minimum absolute atomic E-state index is 0.0740. The van der Waals surface area contributed by atoms with Gasteiger partial charge >= 0.3 is 0 Å². The van der Waals surface area contributed by atoms with Crippen molar-refractivity contribution in [1.29, 1.82) is 0 Å². The first kappa shape index (κ1) is 17.6. The molecule has 1 aromatic heterocycles. The predicted molar refractivity (Wildman–Crippen MR) is 106 cm³/mol. The van der Waals surface area contributed by atoms with E-state index in [1.54, 1.807) is 6.92 Å². The van der Waals surface area contributed by atoms with Crippen molar-refractivity contribution in [2.45, 2.75) is 38.8 Å². The summed E-state index contributed by atoms with van der Waals surface area (Å²) in [6.45, 7) is 3.95. The SMILES string of the molecule is CC(=O)N1CCCC1c1nc2ccccc2n1CCCOc1ccccc1. The van der Waals surface area contributed by atoms with Gasteiger partial charge in [0.15, 0.2) is 0 Å². The van der Waals surface area contributed by atoms with Crippen molar-refractivity contribution in [2.75, 3.05) is 13.2 Å². The molecule has 0 saturated carbocycles. The number of carbonyl (C=O) groups is 1. The van der Waals surface area contributed by atoms with Gasteiger partial charge in [0.2, 0.25) is 5.91 Å². The van der Waals surface area contributed by atoms with Crippen LogP contribution in [0.5, 0.6) is 5.75 Å². The van der Waals surface area contributed by atoms with Crippen LogP contribution in [0.15, 0.2) is 54.6 Å². The molecule has 2 aromatic carbocycles. The average Bonchev–Trinajstić information content (AvgIpc) is 3.31. The number of amides is 1. The van der Waals surface area contributed by atoms with Crippen molar-refractivity contribution in [3.05, 3.63) is 60.4 Å². The maximum atomic E-state index is 12.0. The van der Waals surface area contributed by atoms with Crippen molar-refractivity contribution in [2.24, 2.45) is 0 Å². The second-order valence-electron chi connectivity index (χ2n) is 7.00. The van der Waals surface area contributed by atoms with Crippen molar-refractivity contribution in [1.82, 2.24) is 14.5 Å². The number of likely N-dealkylation sites (tertiary alicyclic amines) is 1. The fourth-order valence-corrected chi connectivity index (χ4v) is 3.92. The second-order valence-corrected chi connectivity index (χ2v) is 7.00. The van der Waals surface area contributed by atoms with Crippen molar-refractivity contribution in [3.8, 4) is 5.75 Å². The van der Waals surface area contributed by atoms with Crippen LogP contribution in [0.4, 0.5) is 0 Å². The lowest BCUT2D eigenvalue weighted by Gasteiger charge is -2.24. The third-order valence-corrected chi connectivity index (χ3v) is 5.18. The largest absolute Gasteiger partial charge is 0.494 e. The number of aromatic nitrogens is 2. The molecule has 0 aliphatic carbocycles. The maximum absolute atomic E-state index is 12.0. The Morgan fingerprint density at radius 1 is 1.15 bits per heavy atom. The Balaban J connectivity index is 1.54. The predicted octanol–water partition coefficient (Wildman–Crippen LogP) is 4.19. The Morgan fingerprint density at radius 3 is 2.74 bits per heavy atom. The Hall–Kier alpha value is -2.82. The van der Waals surface area contributed by atoms with Crippen LogP contribution < -0.4 is 4.74 Å². The van der Waals surface area contributed by atoms with Crippen LogP contribution in [0, 0.1) is 0 Å². The molecule has 1 unspecified atom stereocenters. The third-order valence-electron chi connectivity index (χ3n) is 5.18. The molecule has 0 bridgehead atoms. The van der Waals surface area contributed by atoms with Gasteiger partial charge in [-0.25, -0.2) is 4.98 Å². The lowest BCUT2D eigenvalue weighted by atomic mass is 10.2. The molecule has 5 heteroatoms. The summed E-state index contributed by atoms with van der Waals surface area (Å²) in [5.41, 5.74) is 2.12. The number of carbonyl (C=O) groups excluding carboxylic acids is 1. The number of imidazole rings is 1. The first-order valence-electron chi connectivity index (χ1n) is 9.64. The highest BCUT2D eigenvalue weighted by atomic mass is 16.5. The third kappa shape index (κ3) is 3.68. The van der Waals surface area contributed by atoms with Crippen molar-refractivity contribution in [3.63, 3.8) is 0 Å². The summed E-state index contributed by atoms with van der Waals surface area (Å²) < 4.78 is 8.12. The minimum Gasteiger partial charge on any atom is -0.494 e. The highest BCUT2D eigenvalue weighted by Gasteiger charge is 2.31. The number of aryl methyl sites for hydroxylation is 1. The second kappa shape index (κ2) is 7.82. The zero-order chi connectivity index (χ0) is 18.6. The quantitative estimate of drug-likeness (QED) is 0.617. The molecule has 0 spiro atoms. The van der Waals surface area contributed by atoms with E-state index in [1.165, 1.54) is 0 Å². The molecule has 1 saturated heterocycles. The number of benzene rings is 2. The highest BCUT2D eigenvalue weighted by molar-refractivity contribution is 5.77. The van der Waals surface area contributed by atoms with Crippen LogP contribution in [0.25, 0.3) is 11.0 Å². The lowest BCUT2D eigenvalue weighted by molar-refractivity contribution is -0.129. The summed E-state index contributed by atoms with van der Waals surface area (Å²) >= 11 is 0. The van der Waals surface area contributed by atoms with Crippen LogP contribution in [0.3, 0.4) is 0 Å². The van der Waals surface area contributed by atoms with Crippen LogP contribution in [0.1, 0.15) is 38.1 Å². The van der Waals surface area contributed by atoms with Gasteiger partial charge in [0.1, 0.15) is 11.6 Å². The number of ether oxygens (including phenoxy) is 1. The number of fused-ring (bicyclic) bond motifs is 1. The van der Waals surface area contributed by atoms with Crippen LogP contribution >= 0.6 is 0 Å². The van der Waals surface area contributed by atoms with Crippen LogP contribution in [-0.2, 0) is 11.3 Å². The summed E-state index contributed by atoms with van der Waals surface area (Å²) in [4.78, 5) is 18.9. The van der Waals surface area contributed by atoms with Gasteiger partial charge in [-0.05, 0) is 43.5 Å². The van der Waals surface area contributed by atoms with Gasteiger partial charge in [-0.15, -0.1) is 0 Å². The smallest absolute Gasteiger partial charge is 0.220 e. The van der Waals surface area contributed by atoms with Gasteiger partial charge in [-0.3, -0.25) is 4.79 Å². The number of hydrogen-bond donors (Lipinski definition) is 0. The summed E-state index contributed by atoms with van der Waals surface area (Å²) in [6.07, 6.45) is 2.89. The first-order valence-corrected chi connectivity index (χ1v) is 9.64. The van der Waals surface area contributed by atoms with E-state index in [-0.39, 0.29) is 11.9 Å². The molecular formula is C22H25N3O2. The topological polar surface area (TPSA) is 47.4 Å². The average molecular weight is 363 g/mol. The van der Waals surface area contributed by atoms with Gasteiger partial charge < -0.3 is 14.2 Å². The van der Waals surface area contributed by atoms with E-state index in [2.05, 4.69) is 10.6 Å². The Labute approximate surface area is 159 Å². The van der Waals surface area contributed by atoms with E-state index in [9.17, 15) is 4.79 Å². The standard InChI is InChI=1S/C22H25N3O2/c1-17(26)24-14-7-13-21(24)22-23-19-11-5-6-12-20(19)25(22)15-8-16-27-18-9-3-2-4-10-18/h2-6,9-12,21H,7-8,13-16H2,1H3. The summed E-state index contributed by atoms with van der Waals surface area (Å²) in [5, 5.41) is 0. The Kier molecular flexibility index (Phi) is 5.10. The van der Waals surface area contributed by atoms with E-state index in [1.807, 2.05) is 53.4 Å². The fraction of sp³-hybridized carbons (Fsp3) is 0.364. The molecule has 1 atom stereocenters. The molecular weight excluding hydrogens is 338 g/mol. The molecule has 5 nitrogen and oxygen atoms in total. The van der Waals surface area contributed by atoms with Crippen molar-refractivity contribution < 1.29 is 9.53 Å². The van der Waals surface area contributed by atoms with Gasteiger partial charge in [-0.2, -0.15) is 0 Å². The zero-order valence-electron chi connectivity index (χ0n) is 15.7. The molecule has 140 valence electrons.